The normalized spacial score (nSPS) is 11.9. The molecule has 2 N–H and O–H groups in total. The van der Waals surface area contributed by atoms with Gasteiger partial charge in [-0.3, -0.25) is 4.79 Å². The van der Waals surface area contributed by atoms with E-state index >= 15 is 0 Å². The predicted molar refractivity (Wildman–Crippen MR) is 95.1 cm³/mol. The fourth-order valence-corrected chi connectivity index (χ4v) is 2.81. The summed E-state index contributed by atoms with van der Waals surface area (Å²) < 4.78 is 5.05. The molecule has 1 aromatic carbocycles. The Hall–Kier alpha value is -2.27. The molecule has 24 heavy (non-hydrogen) atoms. The van der Waals surface area contributed by atoms with E-state index in [0.29, 0.717) is 34.1 Å². The highest BCUT2D eigenvalue weighted by molar-refractivity contribution is 6.30. The fourth-order valence-electron chi connectivity index (χ4n) is 2.62. The van der Waals surface area contributed by atoms with Crippen LogP contribution < -0.4 is 5.32 Å². The first-order valence-corrected chi connectivity index (χ1v) is 8.15. The van der Waals surface area contributed by atoms with Crippen LogP contribution in [-0.4, -0.2) is 29.4 Å². The molecule has 6 heteroatoms. The third-order valence-electron chi connectivity index (χ3n) is 3.76. The lowest BCUT2D eigenvalue weighted by Gasteiger charge is -2.14. The summed E-state index contributed by atoms with van der Waals surface area (Å²) in [5, 5.41) is 3.71. The number of aromatic amines is 1. The van der Waals surface area contributed by atoms with Crippen LogP contribution in [-0.2, 0) is 4.74 Å². The van der Waals surface area contributed by atoms with Crippen molar-refractivity contribution in [2.45, 2.75) is 33.7 Å². The van der Waals surface area contributed by atoms with Gasteiger partial charge in [-0.1, -0.05) is 17.7 Å². The van der Waals surface area contributed by atoms with E-state index in [0.717, 1.165) is 5.69 Å². The minimum Gasteiger partial charge on any atom is -0.462 e. The SMILES string of the molecule is CCOC(=O)c1c(C)[nH]c(C(=O)[C@@H](C)Nc2cccc(Cl)c2)c1C. The van der Waals surface area contributed by atoms with Gasteiger partial charge in [0.05, 0.1) is 23.9 Å². The first-order valence-electron chi connectivity index (χ1n) is 7.77. The van der Waals surface area contributed by atoms with Crippen molar-refractivity contribution in [3.8, 4) is 0 Å². The molecule has 0 radical (unpaired) electrons. The van der Waals surface area contributed by atoms with Crippen LogP contribution in [0.2, 0.25) is 5.02 Å². The molecular formula is C18H21ClN2O3. The molecule has 2 rings (SSSR count). The van der Waals surface area contributed by atoms with Gasteiger partial charge in [0, 0.05) is 16.4 Å². The summed E-state index contributed by atoms with van der Waals surface area (Å²) in [5.41, 5.74) is 2.84. The molecule has 0 bridgehead atoms. The molecule has 1 aromatic heterocycles. The number of benzene rings is 1. The second-order valence-corrected chi connectivity index (χ2v) is 6.02. The molecule has 0 unspecified atom stereocenters. The number of Topliss-reactive ketones (excluding diaryl/α,β-unsaturated/α-hetero) is 1. The van der Waals surface area contributed by atoms with Gasteiger partial charge in [-0.05, 0) is 51.5 Å². The average Bonchev–Trinajstić information content (AvgIpc) is 2.81. The second-order valence-electron chi connectivity index (χ2n) is 5.59. The van der Waals surface area contributed by atoms with Crippen molar-refractivity contribution in [1.82, 2.24) is 4.98 Å². The summed E-state index contributed by atoms with van der Waals surface area (Å²) in [7, 11) is 0. The van der Waals surface area contributed by atoms with Gasteiger partial charge in [0.15, 0.2) is 0 Å². The minimum atomic E-state index is -0.477. The van der Waals surface area contributed by atoms with Gasteiger partial charge < -0.3 is 15.0 Å². The van der Waals surface area contributed by atoms with E-state index in [4.69, 9.17) is 16.3 Å². The van der Waals surface area contributed by atoms with Gasteiger partial charge in [0.2, 0.25) is 5.78 Å². The van der Waals surface area contributed by atoms with Gasteiger partial charge >= 0.3 is 5.97 Å². The quantitative estimate of drug-likeness (QED) is 0.607. The van der Waals surface area contributed by atoms with Crippen LogP contribution in [0.4, 0.5) is 5.69 Å². The number of hydrogen-bond acceptors (Lipinski definition) is 4. The van der Waals surface area contributed by atoms with Gasteiger partial charge in [0.1, 0.15) is 0 Å². The van der Waals surface area contributed by atoms with Gasteiger partial charge in [-0.2, -0.15) is 0 Å². The van der Waals surface area contributed by atoms with Crippen LogP contribution in [0.1, 0.15) is 46.0 Å². The smallest absolute Gasteiger partial charge is 0.340 e. The number of hydrogen-bond donors (Lipinski definition) is 2. The maximum Gasteiger partial charge on any atom is 0.340 e. The Morgan fingerprint density at radius 2 is 2.04 bits per heavy atom. The zero-order valence-corrected chi connectivity index (χ0v) is 15.0. The van der Waals surface area contributed by atoms with Crippen molar-refractivity contribution in [2.24, 2.45) is 0 Å². The van der Waals surface area contributed by atoms with Gasteiger partial charge in [-0.15, -0.1) is 0 Å². The summed E-state index contributed by atoms with van der Waals surface area (Å²) in [6.07, 6.45) is 0. The number of ether oxygens (including phenoxy) is 1. The topological polar surface area (TPSA) is 71.2 Å². The molecule has 5 nitrogen and oxygen atoms in total. The van der Waals surface area contributed by atoms with E-state index in [1.54, 1.807) is 39.8 Å². The molecule has 0 amide bonds. The van der Waals surface area contributed by atoms with Crippen molar-refractivity contribution in [1.29, 1.82) is 0 Å². The molecule has 0 aliphatic carbocycles. The highest BCUT2D eigenvalue weighted by Crippen LogP contribution is 2.22. The van der Waals surface area contributed by atoms with Gasteiger partial charge in [0.25, 0.3) is 0 Å². The van der Waals surface area contributed by atoms with Crippen molar-refractivity contribution in [2.75, 3.05) is 11.9 Å². The van der Waals surface area contributed by atoms with Crippen LogP contribution >= 0.6 is 11.6 Å². The van der Waals surface area contributed by atoms with E-state index in [9.17, 15) is 9.59 Å². The first-order chi connectivity index (χ1) is 11.3. The number of anilines is 1. The first kappa shape index (κ1) is 18.1. The fraction of sp³-hybridized carbons (Fsp3) is 0.333. The molecule has 0 fully saturated rings. The Kier molecular flexibility index (Phi) is 5.67. The molecule has 1 heterocycles. The maximum atomic E-state index is 12.7. The van der Waals surface area contributed by atoms with Crippen molar-refractivity contribution in [3.05, 3.63) is 51.8 Å². The molecule has 1 atom stereocenters. The number of esters is 1. The van der Waals surface area contributed by atoms with E-state index in [-0.39, 0.29) is 5.78 Å². The number of nitrogens with one attached hydrogen (secondary N) is 2. The van der Waals surface area contributed by atoms with E-state index in [2.05, 4.69) is 10.3 Å². The van der Waals surface area contributed by atoms with Gasteiger partial charge in [-0.25, -0.2) is 4.79 Å². The predicted octanol–water partition coefficient (Wildman–Crippen LogP) is 4.14. The number of halogens is 1. The summed E-state index contributed by atoms with van der Waals surface area (Å²) in [5.74, 6) is -0.552. The second kappa shape index (κ2) is 7.53. The Bertz CT molecular complexity index is 768. The van der Waals surface area contributed by atoms with E-state index in [1.807, 2.05) is 12.1 Å². The largest absolute Gasteiger partial charge is 0.462 e. The molecule has 0 spiro atoms. The summed E-state index contributed by atoms with van der Waals surface area (Å²) in [6, 6.07) is 6.69. The highest BCUT2D eigenvalue weighted by atomic mass is 35.5. The van der Waals surface area contributed by atoms with Crippen LogP contribution in [0, 0.1) is 13.8 Å². The molecule has 0 aliphatic heterocycles. The van der Waals surface area contributed by atoms with Crippen LogP contribution in [0.25, 0.3) is 0 Å². The minimum absolute atomic E-state index is 0.133. The number of ketones is 1. The monoisotopic (exact) mass is 348 g/mol. The molecule has 2 aromatic rings. The van der Waals surface area contributed by atoms with Crippen molar-refractivity contribution < 1.29 is 14.3 Å². The van der Waals surface area contributed by atoms with Crippen LogP contribution in [0.15, 0.2) is 24.3 Å². The molecule has 0 aliphatic rings. The molecule has 128 valence electrons. The number of aryl methyl sites for hydroxylation is 1. The summed E-state index contributed by atoms with van der Waals surface area (Å²) in [6.45, 7) is 7.31. The standard InChI is InChI=1S/C18H21ClN2O3/c1-5-24-18(23)15-10(2)16(21-11(15)3)17(22)12(4)20-14-8-6-7-13(19)9-14/h6-9,12,20-21H,5H2,1-4H3/t12-/m1/s1. The van der Waals surface area contributed by atoms with E-state index in [1.165, 1.54) is 0 Å². The number of carbonyl (C=O) groups excluding carboxylic acids is 2. The number of rotatable bonds is 6. The Morgan fingerprint density at radius 3 is 2.67 bits per heavy atom. The number of H-pyrrole nitrogens is 1. The van der Waals surface area contributed by atoms with Crippen LogP contribution in [0.5, 0.6) is 0 Å². The van der Waals surface area contributed by atoms with Crippen LogP contribution in [0.3, 0.4) is 0 Å². The summed E-state index contributed by atoms with van der Waals surface area (Å²) >= 11 is 5.96. The third-order valence-corrected chi connectivity index (χ3v) is 4.00. The lowest BCUT2D eigenvalue weighted by atomic mass is 10.0. The Labute approximate surface area is 146 Å². The molecular weight excluding hydrogens is 328 g/mol. The maximum absolute atomic E-state index is 12.7. The average molecular weight is 349 g/mol. The summed E-state index contributed by atoms with van der Waals surface area (Å²) in [4.78, 5) is 27.8. The number of carbonyl (C=O) groups is 2. The highest BCUT2D eigenvalue weighted by Gasteiger charge is 2.25. The van der Waals surface area contributed by atoms with Crippen molar-refractivity contribution >= 4 is 29.0 Å². The number of aromatic nitrogens is 1. The zero-order valence-electron chi connectivity index (χ0n) is 14.2. The third kappa shape index (κ3) is 3.79. The molecule has 0 saturated carbocycles. The van der Waals surface area contributed by atoms with Crippen molar-refractivity contribution in [3.63, 3.8) is 0 Å². The lowest BCUT2D eigenvalue weighted by molar-refractivity contribution is 0.0525. The molecule has 0 saturated heterocycles. The lowest BCUT2D eigenvalue weighted by Crippen LogP contribution is -2.27. The Balaban J connectivity index is 2.23. The van der Waals surface area contributed by atoms with E-state index < -0.39 is 12.0 Å². The zero-order chi connectivity index (χ0) is 17.9. The Morgan fingerprint density at radius 1 is 1.33 bits per heavy atom.